The molecule has 24 heavy (non-hydrogen) atoms. The maximum absolute atomic E-state index is 12.4. The van der Waals surface area contributed by atoms with Crippen LogP contribution in [0.4, 0.5) is 0 Å². The molecule has 1 amide bonds. The molecule has 1 fully saturated rings. The Hall–Kier alpha value is -2.60. The van der Waals surface area contributed by atoms with Crippen molar-refractivity contribution in [3.05, 3.63) is 53.9 Å². The van der Waals surface area contributed by atoms with E-state index in [0.29, 0.717) is 24.0 Å². The summed E-state index contributed by atoms with van der Waals surface area (Å²) >= 11 is 6.02. The molecule has 1 saturated heterocycles. The summed E-state index contributed by atoms with van der Waals surface area (Å²) in [5, 5.41) is 0.479. The monoisotopic (exact) mass is 342 g/mol. The Labute approximate surface area is 143 Å². The summed E-state index contributed by atoms with van der Waals surface area (Å²) in [6.45, 7) is 1.36. The summed E-state index contributed by atoms with van der Waals surface area (Å²) in [5.74, 6) is 0.460. The van der Waals surface area contributed by atoms with E-state index in [1.54, 1.807) is 29.6 Å². The zero-order chi connectivity index (χ0) is 16.5. The van der Waals surface area contributed by atoms with Gasteiger partial charge in [0.25, 0.3) is 0 Å². The average Bonchev–Trinajstić information content (AvgIpc) is 2.95. The zero-order valence-corrected chi connectivity index (χ0v) is 13.6. The number of hydrogen-bond acceptors (Lipinski definition) is 4. The minimum atomic E-state index is -0.0686. The highest BCUT2D eigenvalue weighted by Gasteiger charge is 2.33. The molecule has 122 valence electrons. The molecule has 0 aliphatic carbocycles. The Kier molecular flexibility index (Phi) is 3.82. The highest BCUT2D eigenvalue weighted by atomic mass is 35.5. The molecule has 4 rings (SSSR count). The van der Waals surface area contributed by atoms with Gasteiger partial charge in [0, 0.05) is 6.20 Å². The number of ether oxygens (including phenoxy) is 1. The van der Waals surface area contributed by atoms with Crippen LogP contribution in [0.15, 0.2) is 48.9 Å². The number of likely N-dealkylation sites (tertiary alicyclic amines) is 1. The van der Waals surface area contributed by atoms with Gasteiger partial charge >= 0.3 is 0 Å². The average molecular weight is 343 g/mol. The molecule has 0 spiro atoms. The van der Waals surface area contributed by atoms with E-state index in [2.05, 4.69) is 9.97 Å². The van der Waals surface area contributed by atoms with Crippen LogP contribution in [-0.2, 0) is 11.3 Å². The maximum atomic E-state index is 12.4. The summed E-state index contributed by atoms with van der Waals surface area (Å²) in [6.07, 6.45) is 3.26. The molecular weight excluding hydrogens is 328 g/mol. The number of para-hydroxylation sites is 2. The van der Waals surface area contributed by atoms with Crippen molar-refractivity contribution >= 4 is 28.5 Å². The fraction of sp³-hybridized carbons (Fsp3) is 0.235. The molecule has 0 N–H and O–H groups in total. The van der Waals surface area contributed by atoms with Crippen LogP contribution >= 0.6 is 11.6 Å². The lowest BCUT2D eigenvalue weighted by molar-refractivity contribution is -0.140. The van der Waals surface area contributed by atoms with Gasteiger partial charge in [-0.1, -0.05) is 23.7 Å². The van der Waals surface area contributed by atoms with Crippen molar-refractivity contribution in [2.24, 2.45) is 0 Å². The predicted molar refractivity (Wildman–Crippen MR) is 90.0 cm³/mol. The Morgan fingerprint density at radius 2 is 2.04 bits per heavy atom. The van der Waals surface area contributed by atoms with E-state index >= 15 is 0 Å². The maximum Gasteiger partial charge on any atom is 0.242 e. The number of imidazole rings is 1. The molecular formula is C17H15ClN4O2. The number of carbonyl (C=O) groups is 1. The first kappa shape index (κ1) is 15.0. The number of pyridine rings is 1. The molecule has 0 saturated carbocycles. The molecule has 0 atom stereocenters. The number of carbonyl (C=O) groups excluding carboxylic acids is 1. The molecule has 0 radical (unpaired) electrons. The van der Waals surface area contributed by atoms with Gasteiger partial charge in [-0.25, -0.2) is 9.97 Å². The van der Waals surface area contributed by atoms with E-state index in [0.717, 1.165) is 11.0 Å². The predicted octanol–water partition coefficient (Wildman–Crippen LogP) is 2.37. The van der Waals surface area contributed by atoms with Crippen molar-refractivity contribution in [3.8, 4) is 5.88 Å². The van der Waals surface area contributed by atoms with Crippen LogP contribution in [0.5, 0.6) is 5.88 Å². The minimum absolute atomic E-state index is 0.0464. The Morgan fingerprint density at radius 3 is 2.88 bits per heavy atom. The molecule has 0 unspecified atom stereocenters. The third kappa shape index (κ3) is 2.80. The molecule has 1 aromatic carbocycles. The number of amides is 1. The quantitative estimate of drug-likeness (QED) is 0.730. The SMILES string of the molecule is O=C(Cn1cnc2ccccc21)N1CC(Oc2ncccc2Cl)C1. The summed E-state index contributed by atoms with van der Waals surface area (Å²) in [4.78, 5) is 22.5. The number of nitrogens with zero attached hydrogens (tertiary/aromatic N) is 4. The van der Waals surface area contributed by atoms with Gasteiger partial charge in [0.2, 0.25) is 11.8 Å². The number of halogens is 1. The number of hydrogen-bond donors (Lipinski definition) is 0. The summed E-state index contributed by atoms with van der Waals surface area (Å²) in [7, 11) is 0. The summed E-state index contributed by atoms with van der Waals surface area (Å²) in [6, 6.07) is 11.2. The van der Waals surface area contributed by atoms with Gasteiger partial charge in [-0.2, -0.15) is 0 Å². The topological polar surface area (TPSA) is 60.2 Å². The lowest BCUT2D eigenvalue weighted by Gasteiger charge is -2.38. The van der Waals surface area contributed by atoms with Crippen molar-refractivity contribution in [2.75, 3.05) is 13.1 Å². The molecule has 3 aromatic rings. The zero-order valence-electron chi connectivity index (χ0n) is 12.8. The Bertz CT molecular complexity index is 889. The van der Waals surface area contributed by atoms with Gasteiger partial charge in [0.05, 0.1) is 30.5 Å². The van der Waals surface area contributed by atoms with Crippen molar-refractivity contribution in [1.82, 2.24) is 19.4 Å². The van der Waals surface area contributed by atoms with Crippen molar-refractivity contribution in [1.29, 1.82) is 0 Å². The van der Waals surface area contributed by atoms with E-state index in [4.69, 9.17) is 16.3 Å². The normalized spacial score (nSPS) is 14.6. The molecule has 1 aliphatic heterocycles. The molecule has 0 bridgehead atoms. The number of aromatic nitrogens is 3. The summed E-state index contributed by atoms with van der Waals surface area (Å²) < 4.78 is 7.57. The van der Waals surface area contributed by atoms with E-state index < -0.39 is 0 Å². The fourth-order valence-corrected chi connectivity index (χ4v) is 2.88. The Balaban J connectivity index is 1.35. The van der Waals surface area contributed by atoms with Crippen LogP contribution in [-0.4, -0.2) is 44.5 Å². The largest absolute Gasteiger partial charge is 0.470 e. The standard InChI is InChI=1S/C17H15ClN4O2/c18-13-4-3-7-19-17(13)24-12-8-21(9-12)16(23)10-22-11-20-14-5-1-2-6-15(14)22/h1-7,11-12H,8-10H2. The highest BCUT2D eigenvalue weighted by molar-refractivity contribution is 6.31. The van der Waals surface area contributed by atoms with Crippen molar-refractivity contribution in [2.45, 2.75) is 12.6 Å². The third-order valence-electron chi connectivity index (χ3n) is 4.04. The fourth-order valence-electron chi connectivity index (χ4n) is 2.71. The van der Waals surface area contributed by atoms with Crippen LogP contribution < -0.4 is 4.74 Å². The number of benzene rings is 1. The van der Waals surface area contributed by atoms with Gasteiger partial charge in [0.15, 0.2) is 0 Å². The first-order valence-electron chi connectivity index (χ1n) is 7.65. The second-order valence-electron chi connectivity index (χ2n) is 5.69. The molecule has 6 nitrogen and oxygen atoms in total. The van der Waals surface area contributed by atoms with Gasteiger partial charge in [-0.15, -0.1) is 0 Å². The van der Waals surface area contributed by atoms with E-state index in [-0.39, 0.29) is 18.6 Å². The molecule has 3 heterocycles. The van der Waals surface area contributed by atoms with Crippen LogP contribution in [0, 0.1) is 0 Å². The smallest absolute Gasteiger partial charge is 0.242 e. The third-order valence-corrected chi connectivity index (χ3v) is 4.32. The molecule has 7 heteroatoms. The van der Waals surface area contributed by atoms with Crippen LogP contribution in [0.3, 0.4) is 0 Å². The first-order chi connectivity index (χ1) is 11.7. The second kappa shape index (κ2) is 6.13. The first-order valence-corrected chi connectivity index (χ1v) is 8.03. The van der Waals surface area contributed by atoms with E-state index in [1.807, 2.05) is 28.8 Å². The van der Waals surface area contributed by atoms with E-state index in [1.165, 1.54) is 0 Å². The second-order valence-corrected chi connectivity index (χ2v) is 6.10. The van der Waals surface area contributed by atoms with Gasteiger partial charge in [0.1, 0.15) is 17.7 Å². The lowest BCUT2D eigenvalue weighted by Crippen LogP contribution is -2.57. The van der Waals surface area contributed by atoms with Crippen LogP contribution in [0.1, 0.15) is 0 Å². The number of rotatable bonds is 4. The van der Waals surface area contributed by atoms with E-state index in [9.17, 15) is 4.79 Å². The minimum Gasteiger partial charge on any atom is -0.470 e. The molecule has 1 aliphatic rings. The summed E-state index contributed by atoms with van der Waals surface area (Å²) in [5.41, 5.74) is 1.85. The van der Waals surface area contributed by atoms with Crippen molar-refractivity contribution < 1.29 is 9.53 Å². The van der Waals surface area contributed by atoms with Crippen LogP contribution in [0.2, 0.25) is 5.02 Å². The lowest BCUT2D eigenvalue weighted by atomic mass is 10.1. The highest BCUT2D eigenvalue weighted by Crippen LogP contribution is 2.24. The van der Waals surface area contributed by atoms with Crippen molar-refractivity contribution in [3.63, 3.8) is 0 Å². The Morgan fingerprint density at radius 1 is 1.21 bits per heavy atom. The van der Waals surface area contributed by atoms with Gasteiger partial charge < -0.3 is 14.2 Å². The van der Waals surface area contributed by atoms with Gasteiger partial charge in [-0.05, 0) is 24.3 Å². The van der Waals surface area contributed by atoms with Gasteiger partial charge in [-0.3, -0.25) is 4.79 Å². The number of fused-ring (bicyclic) bond motifs is 1. The molecule has 2 aromatic heterocycles. The van der Waals surface area contributed by atoms with Crippen LogP contribution in [0.25, 0.3) is 11.0 Å².